The average molecular weight is 268 g/mol. The first-order valence-corrected chi connectivity index (χ1v) is 6.64. The van der Waals surface area contributed by atoms with Crippen molar-refractivity contribution in [3.8, 4) is 0 Å². The van der Waals surface area contributed by atoms with Crippen LogP contribution in [0.5, 0.6) is 0 Å². The molecule has 0 spiro atoms. The standard InChI is InChI=1S/C13H18ClN3O/c1-2-13(4-3-5-13)8-16-12(18)9-6-10(14)17-11(15)7-9/h6-7H,2-5,8H2,1H3,(H2,15,17)(H,16,18). The molecule has 5 heteroatoms. The number of halogens is 1. The number of aromatic nitrogens is 1. The van der Waals surface area contributed by atoms with Gasteiger partial charge in [0.05, 0.1) is 0 Å². The zero-order valence-electron chi connectivity index (χ0n) is 10.5. The van der Waals surface area contributed by atoms with Crippen LogP contribution in [0.1, 0.15) is 43.0 Å². The Morgan fingerprint density at radius 3 is 2.78 bits per heavy atom. The summed E-state index contributed by atoms with van der Waals surface area (Å²) >= 11 is 5.78. The summed E-state index contributed by atoms with van der Waals surface area (Å²) in [7, 11) is 0. The van der Waals surface area contributed by atoms with Gasteiger partial charge in [-0.1, -0.05) is 24.9 Å². The smallest absolute Gasteiger partial charge is 0.251 e. The van der Waals surface area contributed by atoms with E-state index in [1.807, 2.05) is 0 Å². The number of pyridine rings is 1. The largest absolute Gasteiger partial charge is 0.384 e. The molecule has 2 rings (SSSR count). The van der Waals surface area contributed by atoms with E-state index in [2.05, 4.69) is 17.2 Å². The number of nitrogens with one attached hydrogen (secondary N) is 1. The van der Waals surface area contributed by atoms with Crippen LogP contribution in [0, 0.1) is 5.41 Å². The summed E-state index contributed by atoms with van der Waals surface area (Å²) in [6.07, 6.45) is 4.76. The number of carbonyl (C=O) groups is 1. The molecule has 3 N–H and O–H groups in total. The molecule has 0 saturated heterocycles. The second-order valence-corrected chi connectivity index (χ2v) is 5.38. The molecule has 0 bridgehead atoms. The Labute approximate surface area is 112 Å². The predicted molar refractivity (Wildman–Crippen MR) is 72.6 cm³/mol. The van der Waals surface area contributed by atoms with E-state index in [1.54, 1.807) is 6.07 Å². The molecule has 0 atom stereocenters. The highest BCUT2D eigenvalue weighted by Gasteiger charge is 2.35. The molecule has 1 fully saturated rings. The van der Waals surface area contributed by atoms with E-state index in [0.29, 0.717) is 11.0 Å². The minimum Gasteiger partial charge on any atom is -0.384 e. The Balaban J connectivity index is 1.99. The van der Waals surface area contributed by atoms with E-state index in [9.17, 15) is 4.79 Å². The molecule has 1 aliphatic carbocycles. The van der Waals surface area contributed by atoms with Gasteiger partial charge in [-0.2, -0.15) is 0 Å². The molecule has 1 amide bonds. The molecule has 0 unspecified atom stereocenters. The maximum absolute atomic E-state index is 12.0. The lowest BCUT2D eigenvalue weighted by Gasteiger charge is -2.41. The second kappa shape index (κ2) is 5.14. The van der Waals surface area contributed by atoms with E-state index in [1.165, 1.54) is 25.3 Å². The summed E-state index contributed by atoms with van der Waals surface area (Å²) < 4.78 is 0. The lowest BCUT2D eigenvalue weighted by atomic mass is 9.67. The lowest BCUT2D eigenvalue weighted by molar-refractivity contribution is 0.0850. The van der Waals surface area contributed by atoms with Gasteiger partial charge in [-0.05, 0) is 36.8 Å². The Hall–Kier alpha value is -1.29. The van der Waals surface area contributed by atoms with E-state index >= 15 is 0 Å². The fraction of sp³-hybridized carbons (Fsp3) is 0.538. The van der Waals surface area contributed by atoms with Gasteiger partial charge in [0.2, 0.25) is 0 Å². The van der Waals surface area contributed by atoms with Gasteiger partial charge in [-0.3, -0.25) is 4.79 Å². The van der Waals surface area contributed by atoms with Crippen molar-refractivity contribution in [2.24, 2.45) is 5.41 Å². The number of amides is 1. The molecule has 0 aromatic carbocycles. The first kappa shape index (κ1) is 13.1. The third-order valence-electron chi connectivity index (χ3n) is 3.86. The molecule has 18 heavy (non-hydrogen) atoms. The molecule has 1 aliphatic rings. The highest BCUT2D eigenvalue weighted by Crippen LogP contribution is 2.43. The second-order valence-electron chi connectivity index (χ2n) is 4.99. The summed E-state index contributed by atoms with van der Waals surface area (Å²) in [4.78, 5) is 15.8. The average Bonchev–Trinajstić information content (AvgIpc) is 2.26. The number of carbonyl (C=O) groups excluding carboxylic acids is 1. The maximum atomic E-state index is 12.0. The molecule has 1 aromatic rings. The Bertz CT molecular complexity index is 432. The predicted octanol–water partition coefficient (Wildman–Crippen LogP) is 2.63. The zero-order valence-corrected chi connectivity index (χ0v) is 11.3. The molecule has 1 saturated carbocycles. The number of nitrogens with zero attached hydrogens (tertiary/aromatic N) is 1. The molecular weight excluding hydrogens is 250 g/mol. The fourth-order valence-electron chi connectivity index (χ4n) is 2.35. The van der Waals surface area contributed by atoms with Crippen LogP contribution in [-0.2, 0) is 0 Å². The van der Waals surface area contributed by atoms with Crippen molar-refractivity contribution in [3.63, 3.8) is 0 Å². The van der Waals surface area contributed by atoms with Gasteiger partial charge >= 0.3 is 0 Å². The van der Waals surface area contributed by atoms with Crippen LogP contribution in [0.25, 0.3) is 0 Å². The fourth-order valence-corrected chi connectivity index (χ4v) is 2.57. The number of nitrogen functional groups attached to an aromatic ring is 1. The van der Waals surface area contributed by atoms with Crippen molar-refractivity contribution in [1.29, 1.82) is 0 Å². The maximum Gasteiger partial charge on any atom is 0.251 e. The van der Waals surface area contributed by atoms with Crippen molar-refractivity contribution in [2.45, 2.75) is 32.6 Å². The molecule has 1 heterocycles. The van der Waals surface area contributed by atoms with E-state index in [-0.39, 0.29) is 16.9 Å². The van der Waals surface area contributed by atoms with Crippen LogP contribution >= 0.6 is 11.6 Å². The number of hydrogen-bond acceptors (Lipinski definition) is 3. The van der Waals surface area contributed by atoms with Crippen LogP contribution in [0.3, 0.4) is 0 Å². The van der Waals surface area contributed by atoms with E-state index in [4.69, 9.17) is 17.3 Å². The van der Waals surface area contributed by atoms with Crippen LogP contribution in [-0.4, -0.2) is 17.4 Å². The van der Waals surface area contributed by atoms with Crippen LogP contribution in [0.2, 0.25) is 5.15 Å². The third kappa shape index (κ3) is 2.75. The third-order valence-corrected chi connectivity index (χ3v) is 4.06. The topological polar surface area (TPSA) is 68.0 Å². The van der Waals surface area contributed by atoms with Gasteiger partial charge in [0.15, 0.2) is 0 Å². The molecule has 0 radical (unpaired) electrons. The van der Waals surface area contributed by atoms with Crippen LogP contribution in [0.15, 0.2) is 12.1 Å². The summed E-state index contributed by atoms with van der Waals surface area (Å²) in [5, 5.41) is 3.21. The highest BCUT2D eigenvalue weighted by atomic mass is 35.5. The minimum absolute atomic E-state index is 0.134. The number of hydrogen-bond donors (Lipinski definition) is 2. The Kier molecular flexibility index (Phi) is 3.76. The van der Waals surface area contributed by atoms with Crippen molar-refractivity contribution in [2.75, 3.05) is 12.3 Å². The molecule has 0 aliphatic heterocycles. The Morgan fingerprint density at radius 1 is 1.56 bits per heavy atom. The zero-order chi connectivity index (χ0) is 13.2. The SMILES string of the molecule is CCC1(CNC(=O)c2cc(N)nc(Cl)c2)CCC1. The summed E-state index contributed by atoms with van der Waals surface area (Å²) in [6.45, 7) is 2.90. The quantitative estimate of drug-likeness (QED) is 0.824. The van der Waals surface area contributed by atoms with Crippen molar-refractivity contribution < 1.29 is 4.79 Å². The summed E-state index contributed by atoms with van der Waals surface area (Å²) in [6, 6.07) is 3.08. The normalized spacial score (nSPS) is 17.0. The van der Waals surface area contributed by atoms with Gasteiger partial charge in [-0.15, -0.1) is 0 Å². The number of rotatable bonds is 4. The van der Waals surface area contributed by atoms with Crippen LogP contribution in [0.4, 0.5) is 5.82 Å². The van der Waals surface area contributed by atoms with Crippen LogP contribution < -0.4 is 11.1 Å². The van der Waals surface area contributed by atoms with Crippen molar-refractivity contribution in [1.82, 2.24) is 10.3 Å². The van der Waals surface area contributed by atoms with Gasteiger partial charge in [0.1, 0.15) is 11.0 Å². The van der Waals surface area contributed by atoms with Gasteiger partial charge in [0, 0.05) is 12.1 Å². The number of nitrogens with two attached hydrogens (primary N) is 1. The Morgan fingerprint density at radius 2 is 2.28 bits per heavy atom. The van der Waals surface area contributed by atoms with Crippen molar-refractivity contribution >= 4 is 23.3 Å². The summed E-state index contributed by atoms with van der Waals surface area (Å²) in [5.41, 5.74) is 6.34. The van der Waals surface area contributed by atoms with E-state index < -0.39 is 0 Å². The molecule has 1 aromatic heterocycles. The lowest BCUT2D eigenvalue weighted by Crippen LogP contribution is -2.41. The molecular formula is C13H18ClN3O. The molecule has 98 valence electrons. The van der Waals surface area contributed by atoms with Crippen molar-refractivity contribution in [3.05, 3.63) is 22.8 Å². The number of anilines is 1. The molecule has 4 nitrogen and oxygen atoms in total. The van der Waals surface area contributed by atoms with Gasteiger partial charge < -0.3 is 11.1 Å². The minimum atomic E-state index is -0.134. The first-order chi connectivity index (χ1) is 8.54. The highest BCUT2D eigenvalue weighted by molar-refractivity contribution is 6.29. The summed E-state index contributed by atoms with van der Waals surface area (Å²) in [5.74, 6) is 0.132. The van der Waals surface area contributed by atoms with E-state index in [0.717, 1.165) is 13.0 Å². The van der Waals surface area contributed by atoms with Gasteiger partial charge in [-0.25, -0.2) is 4.98 Å². The van der Waals surface area contributed by atoms with Gasteiger partial charge in [0.25, 0.3) is 5.91 Å². The monoisotopic (exact) mass is 267 g/mol. The first-order valence-electron chi connectivity index (χ1n) is 6.26.